The lowest BCUT2D eigenvalue weighted by Crippen LogP contribution is -2.65. The van der Waals surface area contributed by atoms with Crippen molar-refractivity contribution in [1.82, 2.24) is 15.1 Å². The van der Waals surface area contributed by atoms with E-state index in [1.165, 1.54) is 29.2 Å². The third kappa shape index (κ3) is 3.82. The molecule has 1 saturated carbocycles. The molecule has 2 amide bonds. The number of benzene rings is 1. The third-order valence-electron chi connectivity index (χ3n) is 6.27. The fourth-order valence-corrected chi connectivity index (χ4v) is 4.47. The molecular formula is C23H28N4O4. The fraction of sp³-hybridized carbons (Fsp3) is 0.478. The van der Waals surface area contributed by atoms with Crippen molar-refractivity contribution in [2.75, 3.05) is 12.0 Å². The number of fused-ring (bicyclic) bond motifs is 1. The molecule has 2 aliphatic rings. The average molecular weight is 425 g/mol. The van der Waals surface area contributed by atoms with Crippen molar-refractivity contribution < 1.29 is 19.1 Å². The zero-order chi connectivity index (χ0) is 22.2. The first kappa shape index (κ1) is 21.1. The second-order valence-electron chi connectivity index (χ2n) is 8.62. The van der Waals surface area contributed by atoms with Gasteiger partial charge in [-0.3, -0.25) is 19.2 Å². The van der Waals surface area contributed by atoms with Crippen LogP contribution in [0.25, 0.3) is 0 Å². The van der Waals surface area contributed by atoms with Crippen LogP contribution in [0.5, 0.6) is 0 Å². The normalized spacial score (nSPS) is 21.5. The van der Waals surface area contributed by atoms with Gasteiger partial charge < -0.3 is 10.1 Å². The predicted molar refractivity (Wildman–Crippen MR) is 115 cm³/mol. The van der Waals surface area contributed by atoms with E-state index in [2.05, 4.69) is 10.4 Å². The molecule has 2 aromatic rings. The van der Waals surface area contributed by atoms with E-state index in [1.807, 2.05) is 31.2 Å². The highest BCUT2D eigenvalue weighted by Crippen LogP contribution is 2.33. The topological polar surface area (TPSA) is 93.5 Å². The zero-order valence-corrected chi connectivity index (χ0v) is 18.2. The van der Waals surface area contributed by atoms with E-state index in [1.54, 1.807) is 6.92 Å². The monoisotopic (exact) mass is 424 g/mol. The number of nitrogens with one attached hydrogen (secondary N) is 1. The van der Waals surface area contributed by atoms with Crippen molar-refractivity contribution in [2.24, 2.45) is 0 Å². The van der Waals surface area contributed by atoms with Gasteiger partial charge in [0.2, 0.25) is 5.91 Å². The first-order valence-corrected chi connectivity index (χ1v) is 10.7. The number of rotatable bonds is 4. The fourth-order valence-electron chi connectivity index (χ4n) is 4.47. The van der Waals surface area contributed by atoms with E-state index >= 15 is 0 Å². The molecule has 1 aromatic heterocycles. The van der Waals surface area contributed by atoms with E-state index in [4.69, 9.17) is 4.74 Å². The van der Waals surface area contributed by atoms with Gasteiger partial charge in [0.15, 0.2) is 5.69 Å². The van der Waals surface area contributed by atoms with Crippen LogP contribution < -0.4 is 10.2 Å². The third-order valence-corrected chi connectivity index (χ3v) is 6.27. The number of aryl methyl sites for hydroxylation is 1. The minimum absolute atomic E-state index is 0.0478. The van der Waals surface area contributed by atoms with Crippen LogP contribution in [0.3, 0.4) is 0 Å². The molecule has 1 atom stereocenters. The molecule has 164 valence electrons. The van der Waals surface area contributed by atoms with E-state index in [0.29, 0.717) is 5.69 Å². The van der Waals surface area contributed by atoms with Crippen LogP contribution >= 0.6 is 0 Å². The number of carbonyl (C=O) groups is 3. The maximum atomic E-state index is 13.6. The smallest absolute Gasteiger partial charge is 0.358 e. The van der Waals surface area contributed by atoms with Crippen LogP contribution in [0.15, 0.2) is 30.3 Å². The van der Waals surface area contributed by atoms with Crippen molar-refractivity contribution in [3.8, 4) is 0 Å². The first-order chi connectivity index (χ1) is 14.8. The van der Waals surface area contributed by atoms with Crippen LogP contribution in [0.4, 0.5) is 5.69 Å². The lowest BCUT2D eigenvalue weighted by molar-refractivity contribution is -0.127. The number of carbonyl (C=O) groups excluding carboxylic acids is 3. The number of amides is 2. The summed E-state index contributed by atoms with van der Waals surface area (Å²) >= 11 is 0. The highest BCUT2D eigenvalue weighted by molar-refractivity contribution is 6.12. The summed E-state index contributed by atoms with van der Waals surface area (Å²) in [4.78, 5) is 40.6. The Kier molecular flexibility index (Phi) is 5.56. The van der Waals surface area contributed by atoms with Gasteiger partial charge in [0.25, 0.3) is 5.91 Å². The molecule has 31 heavy (non-hydrogen) atoms. The highest BCUT2D eigenvalue weighted by Gasteiger charge is 2.49. The summed E-state index contributed by atoms with van der Waals surface area (Å²) in [6, 6.07) is 9.03. The molecule has 1 aliphatic heterocycles. The Morgan fingerprint density at radius 2 is 1.84 bits per heavy atom. The Morgan fingerprint density at radius 1 is 1.16 bits per heavy atom. The molecule has 0 spiro atoms. The van der Waals surface area contributed by atoms with Gasteiger partial charge >= 0.3 is 5.97 Å². The lowest BCUT2D eigenvalue weighted by atomic mass is 9.91. The molecule has 1 aliphatic carbocycles. The number of methoxy groups -OCH3 is 1. The summed E-state index contributed by atoms with van der Waals surface area (Å²) in [5.74, 6) is -1.21. The van der Waals surface area contributed by atoms with Crippen molar-refractivity contribution in [2.45, 2.75) is 64.1 Å². The molecule has 2 heterocycles. The quantitative estimate of drug-likeness (QED) is 0.762. The molecule has 0 saturated heterocycles. The molecule has 1 fully saturated rings. The molecule has 0 unspecified atom stereocenters. The van der Waals surface area contributed by atoms with Gasteiger partial charge in [-0.2, -0.15) is 5.10 Å². The van der Waals surface area contributed by atoms with Crippen molar-refractivity contribution >= 4 is 23.5 Å². The molecular weight excluding hydrogens is 396 g/mol. The standard InChI is InChI=1S/C23H28N4O4/c1-15-9-11-17(12-10-15)27-20(28)19-13-18(21(29)31-3)25-26(19)14-23(27,2)22(30)24-16-7-5-4-6-8-16/h9-13,16H,4-8,14H2,1-3H3,(H,24,30)/t23-/m0/s1. The Hall–Kier alpha value is -3.16. The Balaban J connectivity index is 1.75. The van der Waals surface area contributed by atoms with Gasteiger partial charge in [0.05, 0.1) is 13.7 Å². The number of hydrogen-bond acceptors (Lipinski definition) is 5. The average Bonchev–Trinajstić information content (AvgIpc) is 3.19. The number of anilines is 1. The van der Waals surface area contributed by atoms with Gasteiger partial charge in [-0.25, -0.2) is 4.79 Å². The van der Waals surface area contributed by atoms with Gasteiger partial charge in [-0.05, 0) is 38.8 Å². The molecule has 0 radical (unpaired) electrons. The van der Waals surface area contributed by atoms with Crippen LogP contribution in [-0.4, -0.2) is 46.3 Å². The molecule has 0 bridgehead atoms. The van der Waals surface area contributed by atoms with Crippen LogP contribution in [-0.2, 0) is 16.1 Å². The van der Waals surface area contributed by atoms with Gasteiger partial charge in [-0.15, -0.1) is 0 Å². The second kappa shape index (κ2) is 8.17. The number of aromatic nitrogens is 2. The van der Waals surface area contributed by atoms with E-state index in [9.17, 15) is 14.4 Å². The summed E-state index contributed by atoms with van der Waals surface area (Å²) in [6.07, 6.45) is 5.26. The Labute approximate surface area is 181 Å². The van der Waals surface area contributed by atoms with Crippen LogP contribution in [0, 0.1) is 6.92 Å². The van der Waals surface area contributed by atoms with Crippen molar-refractivity contribution in [1.29, 1.82) is 0 Å². The molecule has 4 rings (SSSR count). The number of esters is 1. The first-order valence-electron chi connectivity index (χ1n) is 10.7. The van der Waals surface area contributed by atoms with Crippen molar-refractivity contribution in [3.63, 3.8) is 0 Å². The van der Waals surface area contributed by atoms with Crippen LogP contribution in [0.1, 0.15) is 65.6 Å². The van der Waals surface area contributed by atoms with E-state index < -0.39 is 11.5 Å². The number of ether oxygens (including phenoxy) is 1. The van der Waals surface area contributed by atoms with Crippen LogP contribution in [0.2, 0.25) is 0 Å². The largest absolute Gasteiger partial charge is 0.464 e. The maximum absolute atomic E-state index is 13.6. The zero-order valence-electron chi connectivity index (χ0n) is 18.2. The summed E-state index contributed by atoms with van der Waals surface area (Å²) in [5, 5.41) is 7.42. The SMILES string of the molecule is COC(=O)c1cc2n(n1)C[C@@](C)(C(=O)NC1CCCCC1)N(c1ccc(C)cc1)C2=O. The Morgan fingerprint density at radius 3 is 2.48 bits per heavy atom. The van der Waals surface area contributed by atoms with E-state index in [-0.39, 0.29) is 35.8 Å². The summed E-state index contributed by atoms with van der Waals surface area (Å²) in [5.41, 5.74) is 0.787. The minimum Gasteiger partial charge on any atom is -0.464 e. The maximum Gasteiger partial charge on any atom is 0.358 e. The number of nitrogens with zero attached hydrogens (tertiary/aromatic N) is 3. The minimum atomic E-state index is -1.20. The molecule has 8 nitrogen and oxygen atoms in total. The summed E-state index contributed by atoms with van der Waals surface area (Å²) < 4.78 is 6.20. The van der Waals surface area contributed by atoms with E-state index in [0.717, 1.165) is 31.2 Å². The summed E-state index contributed by atoms with van der Waals surface area (Å²) in [6.45, 7) is 3.86. The molecule has 8 heteroatoms. The molecule has 1 aromatic carbocycles. The summed E-state index contributed by atoms with van der Waals surface area (Å²) in [7, 11) is 1.27. The van der Waals surface area contributed by atoms with Gasteiger partial charge in [-0.1, -0.05) is 37.0 Å². The highest BCUT2D eigenvalue weighted by atomic mass is 16.5. The lowest BCUT2D eigenvalue weighted by Gasteiger charge is -2.44. The predicted octanol–water partition coefficient (Wildman–Crippen LogP) is 2.85. The molecule has 1 N–H and O–H groups in total. The van der Waals surface area contributed by atoms with Gasteiger partial charge in [0, 0.05) is 17.8 Å². The van der Waals surface area contributed by atoms with Gasteiger partial charge in [0.1, 0.15) is 11.2 Å². The van der Waals surface area contributed by atoms with Crippen molar-refractivity contribution in [3.05, 3.63) is 47.3 Å². The second-order valence-corrected chi connectivity index (χ2v) is 8.62. The Bertz CT molecular complexity index is 1010. The number of hydrogen-bond donors (Lipinski definition) is 1.